The van der Waals surface area contributed by atoms with Gasteiger partial charge in [0.25, 0.3) is 0 Å². The van der Waals surface area contributed by atoms with E-state index >= 15 is 0 Å². The average Bonchev–Trinajstić information content (AvgIpc) is 2.18. The number of hydrogen-bond acceptors (Lipinski definition) is 0. The van der Waals surface area contributed by atoms with E-state index in [9.17, 15) is 5.41 Å². The Kier molecular flexibility index (Phi) is 3.23. The van der Waals surface area contributed by atoms with Crippen molar-refractivity contribution in [1.82, 2.24) is 5.41 Å². The maximum atomic E-state index is 10.0. The van der Waals surface area contributed by atoms with Gasteiger partial charge in [0, 0.05) is 5.41 Å². The zero-order valence-corrected chi connectivity index (χ0v) is 8.83. The molecule has 0 spiro atoms. The topological polar surface area (TPSA) is 22.3 Å². The fourth-order valence-electron chi connectivity index (χ4n) is 1.44. The predicted molar refractivity (Wildman–Crippen MR) is 61.3 cm³/mol. The molecular formula is C13H16N. The lowest BCUT2D eigenvalue weighted by Crippen LogP contribution is -2.25. The highest BCUT2D eigenvalue weighted by Crippen LogP contribution is 2.25. The largest absolute Gasteiger partial charge is 0.154 e. The van der Waals surface area contributed by atoms with Crippen molar-refractivity contribution < 1.29 is 0 Å². The van der Waals surface area contributed by atoms with Gasteiger partial charge in [-0.1, -0.05) is 50.3 Å². The highest BCUT2D eigenvalue weighted by Gasteiger charge is 2.23. The first-order valence-electron chi connectivity index (χ1n) is 4.80. The van der Waals surface area contributed by atoms with Crippen LogP contribution in [0.3, 0.4) is 0 Å². The third-order valence-electron chi connectivity index (χ3n) is 2.34. The number of rotatable bonds is 4. The maximum absolute atomic E-state index is 10.0. The molecule has 0 saturated heterocycles. The SMILES string of the molecule is C=CCC(C)(C)C(=[N])c1ccccc1. The Hall–Kier alpha value is -1.37. The van der Waals surface area contributed by atoms with E-state index in [1.807, 2.05) is 50.3 Å². The first-order valence-corrected chi connectivity index (χ1v) is 4.80. The summed E-state index contributed by atoms with van der Waals surface area (Å²) in [7, 11) is 0. The zero-order valence-electron chi connectivity index (χ0n) is 8.83. The molecule has 0 unspecified atom stereocenters. The van der Waals surface area contributed by atoms with Crippen LogP contribution >= 0.6 is 0 Å². The lowest BCUT2D eigenvalue weighted by atomic mass is 9.81. The van der Waals surface area contributed by atoms with Crippen molar-refractivity contribution >= 4 is 5.71 Å². The number of hydrogen-bond donors (Lipinski definition) is 0. The molecule has 14 heavy (non-hydrogen) atoms. The van der Waals surface area contributed by atoms with Gasteiger partial charge in [0.1, 0.15) is 0 Å². The van der Waals surface area contributed by atoms with Crippen molar-refractivity contribution in [2.45, 2.75) is 20.3 Å². The van der Waals surface area contributed by atoms with Crippen molar-refractivity contribution in [3.05, 3.63) is 48.6 Å². The first-order chi connectivity index (χ1) is 6.58. The van der Waals surface area contributed by atoms with Gasteiger partial charge in [0.2, 0.25) is 0 Å². The second-order valence-electron chi connectivity index (χ2n) is 4.09. The van der Waals surface area contributed by atoms with Crippen LogP contribution in [0, 0.1) is 5.41 Å². The zero-order chi connectivity index (χ0) is 10.6. The molecule has 0 aliphatic heterocycles. The fraction of sp³-hybridized carbons (Fsp3) is 0.308. The van der Waals surface area contributed by atoms with Gasteiger partial charge < -0.3 is 0 Å². The fourth-order valence-corrected chi connectivity index (χ4v) is 1.44. The number of benzene rings is 1. The Morgan fingerprint density at radius 1 is 1.36 bits per heavy atom. The molecule has 0 heterocycles. The second-order valence-corrected chi connectivity index (χ2v) is 4.09. The van der Waals surface area contributed by atoms with Crippen LogP contribution < -0.4 is 5.41 Å². The summed E-state index contributed by atoms with van der Waals surface area (Å²) in [5.41, 5.74) is 1.08. The van der Waals surface area contributed by atoms with E-state index in [-0.39, 0.29) is 5.41 Å². The molecule has 1 nitrogen and oxygen atoms in total. The molecule has 1 aromatic rings. The normalized spacial score (nSPS) is 11.0. The van der Waals surface area contributed by atoms with Gasteiger partial charge in [-0.25, -0.2) is 0 Å². The smallest absolute Gasteiger partial charge is 0.0762 e. The monoisotopic (exact) mass is 186 g/mol. The van der Waals surface area contributed by atoms with Crippen molar-refractivity contribution in [3.63, 3.8) is 0 Å². The number of nitrogens with zero attached hydrogens (tertiary/aromatic N) is 1. The quantitative estimate of drug-likeness (QED) is 0.509. The Balaban J connectivity index is 2.90. The molecule has 0 aromatic heterocycles. The van der Waals surface area contributed by atoms with Gasteiger partial charge in [0.05, 0.1) is 5.71 Å². The minimum Gasteiger partial charge on any atom is -0.154 e. The summed E-state index contributed by atoms with van der Waals surface area (Å²) in [6.45, 7) is 7.72. The van der Waals surface area contributed by atoms with Crippen molar-refractivity contribution in [3.8, 4) is 0 Å². The van der Waals surface area contributed by atoms with Crippen LogP contribution in [0.1, 0.15) is 25.8 Å². The molecule has 0 bridgehead atoms. The van der Waals surface area contributed by atoms with Gasteiger partial charge in [0.15, 0.2) is 0 Å². The van der Waals surface area contributed by atoms with Gasteiger partial charge in [-0.05, 0) is 12.0 Å². The Bertz CT molecular complexity index is 322. The third-order valence-corrected chi connectivity index (χ3v) is 2.34. The highest BCUT2D eigenvalue weighted by atomic mass is 14.5. The lowest BCUT2D eigenvalue weighted by molar-refractivity contribution is 0.534. The van der Waals surface area contributed by atoms with E-state index in [1.165, 1.54) is 0 Å². The minimum atomic E-state index is -0.233. The molecule has 1 aromatic carbocycles. The van der Waals surface area contributed by atoms with Gasteiger partial charge in [-0.2, -0.15) is 5.41 Å². The molecule has 73 valence electrons. The number of allylic oxidation sites excluding steroid dienone is 1. The lowest BCUT2D eigenvalue weighted by Gasteiger charge is -2.23. The molecule has 0 atom stereocenters. The third kappa shape index (κ3) is 2.32. The van der Waals surface area contributed by atoms with Crippen LogP contribution in [0.4, 0.5) is 0 Å². The molecule has 1 heteroatoms. The van der Waals surface area contributed by atoms with Gasteiger partial charge in [-0.3, -0.25) is 0 Å². The van der Waals surface area contributed by atoms with E-state index in [2.05, 4.69) is 6.58 Å². The van der Waals surface area contributed by atoms with Crippen LogP contribution in [-0.2, 0) is 0 Å². The first kappa shape index (κ1) is 10.7. The highest BCUT2D eigenvalue weighted by molar-refractivity contribution is 6.02. The van der Waals surface area contributed by atoms with E-state index < -0.39 is 0 Å². The van der Waals surface area contributed by atoms with Gasteiger partial charge in [-0.15, -0.1) is 6.58 Å². The van der Waals surface area contributed by atoms with E-state index in [4.69, 9.17) is 0 Å². The minimum absolute atomic E-state index is 0.233. The molecule has 0 aliphatic rings. The summed E-state index contributed by atoms with van der Waals surface area (Å²) in [6, 6.07) is 9.63. The summed E-state index contributed by atoms with van der Waals surface area (Å²) >= 11 is 0. The van der Waals surface area contributed by atoms with Crippen molar-refractivity contribution in [1.29, 1.82) is 0 Å². The molecule has 0 saturated carbocycles. The molecule has 1 rings (SSSR count). The molecule has 0 aliphatic carbocycles. The summed E-state index contributed by atoms with van der Waals surface area (Å²) in [5.74, 6) is 0. The van der Waals surface area contributed by atoms with E-state index in [0.29, 0.717) is 5.71 Å². The predicted octanol–water partition coefficient (Wildman–Crippen LogP) is 2.88. The second kappa shape index (κ2) is 4.23. The summed E-state index contributed by atoms with van der Waals surface area (Å²) in [5, 5.41) is 10.0. The van der Waals surface area contributed by atoms with Crippen LogP contribution in [0.5, 0.6) is 0 Å². The standard InChI is InChI=1S/C13H16N/c1-4-10-13(2,3)12(14)11-8-6-5-7-9-11/h4-9H,1,10H2,2-3H3. The van der Waals surface area contributed by atoms with E-state index in [1.54, 1.807) is 0 Å². The van der Waals surface area contributed by atoms with Crippen LogP contribution in [0.15, 0.2) is 43.0 Å². The Labute approximate surface area is 86.0 Å². The molecule has 0 fully saturated rings. The molecular weight excluding hydrogens is 170 g/mol. The summed E-state index contributed by atoms with van der Waals surface area (Å²) < 4.78 is 0. The van der Waals surface area contributed by atoms with Crippen molar-refractivity contribution in [2.24, 2.45) is 5.41 Å². The molecule has 0 N–H and O–H groups in total. The van der Waals surface area contributed by atoms with E-state index in [0.717, 1.165) is 12.0 Å². The Morgan fingerprint density at radius 3 is 2.43 bits per heavy atom. The van der Waals surface area contributed by atoms with Crippen LogP contribution in [0.25, 0.3) is 0 Å². The molecule has 1 radical (unpaired) electrons. The molecule has 0 amide bonds. The van der Waals surface area contributed by atoms with Crippen LogP contribution in [-0.4, -0.2) is 5.71 Å². The summed E-state index contributed by atoms with van der Waals surface area (Å²) in [6.07, 6.45) is 2.60. The summed E-state index contributed by atoms with van der Waals surface area (Å²) in [4.78, 5) is 0. The van der Waals surface area contributed by atoms with Crippen LogP contribution in [0.2, 0.25) is 0 Å². The van der Waals surface area contributed by atoms with Crippen molar-refractivity contribution in [2.75, 3.05) is 0 Å². The Morgan fingerprint density at radius 2 is 1.93 bits per heavy atom. The average molecular weight is 186 g/mol. The van der Waals surface area contributed by atoms with Gasteiger partial charge >= 0.3 is 0 Å². The maximum Gasteiger partial charge on any atom is 0.0762 e.